The maximum absolute atomic E-state index is 12.3. The van der Waals surface area contributed by atoms with Crippen LogP contribution in [0, 0.1) is 0 Å². The molecule has 29 heavy (non-hydrogen) atoms. The normalized spacial score (nSPS) is 14.2. The van der Waals surface area contributed by atoms with Crippen molar-refractivity contribution in [1.29, 1.82) is 0 Å². The summed E-state index contributed by atoms with van der Waals surface area (Å²) in [7, 11) is 0. The van der Waals surface area contributed by atoms with E-state index in [1.54, 1.807) is 6.33 Å². The van der Waals surface area contributed by atoms with Crippen LogP contribution in [0.2, 0.25) is 0 Å². The quantitative estimate of drug-likeness (QED) is 0.606. The summed E-state index contributed by atoms with van der Waals surface area (Å²) in [5, 5.41) is 4.49. The van der Waals surface area contributed by atoms with Crippen molar-refractivity contribution in [2.75, 3.05) is 11.9 Å². The van der Waals surface area contributed by atoms with E-state index in [1.165, 1.54) is 0 Å². The van der Waals surface area contributed by atoms with E-state index < -0.39 is 0 Å². The summed E-state index contributed by atoms with van der Waals surface area (Å²) < 4.78 is 0. The number of benzene rings is 1. The molecule has 3 aromatic rings. The lowest BCUT2D eigenvalue weighted by atomic mass is 10.1. The summed E-state index contributed by atoms with van der Waals surface area (Å²) in [5.41, 5.74) is 4.83. The average Bonchev–Trinajstić information content (AvgIpc) is 3.16. The van der Waals surface area contributed by atoms with Crippen molar-refractivity contribution in [1.82, 2.24) is 19.9 Å². The van der Waals surface area contributed by atoms with Crippen molar-refractivity contribution < 1.29 is 4.79 Å². The summed E-state index contributed by atoms with van der Waals surface area (Å²) in [6.07, 6.45) is 6.83. The molecule has 0 unspecified atom stereocenters. The largest absolute Gasteiger partial charge is 0.339 e. The molecule has 0 amide bonds. The smallest absolute Gasteiger partial charge is 0.159 e. The first-order valence-corrected chi connectivity index (χ1v) is 10.0. The van der Waals surface area contributed by atoms with E-state index >= 15 is 0 Å². The first kappa shape index (κ1) is 19.2. The standard InChI is InChI=1S/C23H25N5O/c1-3-7-22(29)16(4-2)12-28-13-19-21(14-28)25-15-26-23(19)27-18-10-17-8-5-6-9-20(17)24-11-18/h4-6,8-11,15H,3,7,12-14H2,1-2H3,(H,25,26,27)/b16-4-. The molecular formula is C23H25N5O. The lowest BCUT2D eigenvalue weighted by Gasteiger charge is -2.16. The van der Waals surface area contributed by atoms with Gasteiger partial charge in [-0.2, -0.15) is 0 Å². The van der Waals surface area contributed by atoms with Gasteiger partial charge in [0, 0.05) is 42.6 Å². The number of Topliss-reactive ketones (excluding diaryl/α,β-unsaturated/α-hetero) is 1. The van der Waals surface area contributed by atoms with Gasteiger partial charge < -0.3 is 5.32 Å². The average molecular weight is 387 g/mol. The van der Waals surface area contributed by atoms with E-state index in [-0.39, 0.29) is 5.78 Å². The Morgan fingerprint density at radius 3 is 2.90 bits per heavy atom. The second kappa shape index (κ2) is 8.49. The lowest BCUT2D eigenvalue weighted by Crippen LogP contribution is -2.23. The first-order chi connectivity index (χ1) is 14.2. The van der Waals surface area contributed by atoms with Crippen LogP contribution in [0.25, 0.3) is 10.9 Å². The number of hydrogen-bond donors (Lipinski definition) is 1. The van der Waals surface area contributed by atoms with Gasteiger partial charge in [-0.1, -0.05) is 31.2 Å². The Kier molecular flexibility index (Phi) is 5.62. The Morgan fingerprint density at radius 2 is 2.07 bits per heavy atom. The SMILES string of the molecule is C/C=C(/CN1Cc2ncnc(Nc3cnc4ccccc4c3)c2C1)C(=O)CCC. The maximum atomic E-state index is 12.3. The number of ketones is 1. The summed E-state index contributed by atoms with van der Waals surface area (Å²) >= 11 is 0. The fourth-order valence-corrected chi connectivity index (χ4v) is 3.71. The van der Waals surface area contributed by atoms with Gasteiger partial charge in [-0.3, -0.25) is 14.7 Å². The van der Waals surface area contributed by atoms with Gasteiger partial charge in [0.25, 0.3) is 0 Å². The molecule has 1 aliphatic heterocycles. The highest BCUT2D eigenvalue weighted by atomic mass is 16.1. The molecule has 0 radical (unpaired) electrons. The maximum Gasteiger partial charge on any atom is 0.159 e. The van der Waals surface area contributed by atoms with Crippen molar-refractivity contribution in [3.05, 3.63) is 65.8 Å². The fraction of sp³-hybridized carbons (Fsp3) is 0.304. The van der Waals surface area contributed by atoms with Gasteiger partial charge in [0.15, 0.2) is 5.78 Å². The van der Waals surface area contributed by atoms with Crippen LogP contribution in [0.15, 0.2) is 54.5 Å². The molecule has 6 nitrogen and oxygen atoms in total. The number of hydrogen-bond acceptors (Lipinski definition) is 6. The van der Waals surface area contributed by atoms with Gasteiger partial charge in [-0.25, -0.2) is 9.97 Å². The Bertz CT molecular complexity index is 1080. The second-order valence-corrected chi connectivity index (χ2v) is 7.32. The van der Waals surface area contributed by atoms with Crippen molar-refractivity contribution in [3.8, 4) is 0 Å². The molecule has 1 N–H and O–H groups in total. The van der Waals surface area contributed by atoms with E-state index in [0.29, 0.717) is 13.0 Å². The molecule has 0 bridgehead atoms. The number of carbonyl (C=O) groups excluding carboxylic acids is 1. The molecule has 0 saturated carbocycles. The Labute approximate surface area is 170 Å². The molecule has 0 atom stereocenters. The topological polar surface area (TPSA) is 71.0 Å². The van der Waals surface area contributed by atoms with Gasteiger partial charge in [-0.05, 0) is 25.5 Å². The van der Waals surface area contributed by atoms with E-state index in [9.17, 15) is 4.79 Å². The number of allylic oxidation sites excluding steroid dienone is 1. The number of rotatable bonds is 7. The molecule has 1 aliphatic rings. The molecule has 3 heterocycles. The molecule has 0 aliphatic carbocycles. The van der Waals surface area contributed by atoms with Gasteiger partial charge in [0.1, 0.15) is 12.1 Å². The van der Waals surface area contributed by atoms with Crippen LogP contribution in [0.3, 0.4) is 0 Å². The third-order valence-corrected chi connectivity index (χ3v) is 5.22. The van der Waals surface area contributed by atoms with Gasteiger partial charge in [0.2, 0.25) is 0 Å². The van der Waals surface area contributed by atoms with Crippen molar-refractivity contribution in [2.24, 2.45) is 0 Å². The van der Waals surface area contributed by atoms with Crippen LogP contribution in [-0.2, 0) is 17.9 Å². The Morgan fingerprint density at radius 1 is 1.21 bits per heavy atom. The number of carbonyl (C=O) groups is 1. The van der Waals surface area contributed by atoms with Crippen LogP contribution >= 0.6 is 0 Å². The fourth-order valence-electron chi connectivity index (χ4n) is 3.71. The highest BCUT2D eigenvalue weighted by molar-refractivity contribution is 5.95. The van der Waals surface area contributed by atoms with Crippen molar-refractivity contribution >= 4 is 28.2 Å². The molecule has 6 heteroatoms. The number of pyridine rings is 1. The number of fused-ring (bicyclic) bond motifs is 2. The highest BCUT2D eigenvalue weighted by Crippen LogP contribution is 2.29. The zero-order chi connectivity index (χ0) is 20.2. The Balaban J connectivity index is 1.52. The molecule has 1 aromatic carbocycles. The summed E-state index contributed by atoms with van der Waals surface area (Å²) in [5.74, 6) is 1.04. The number of nitrogens with zero attached hydrogens (tertiary/aromatic N) is 4. The lowest BCUT2D eigenvalue weighted by molar-refractivity contribution is -0.115. The number of aromatic nitrogens is 3. The molecule has 0 saturated heterocycles. The van der Waals surface area contributed by atoms with Crippen LogP contribution in [0.1, 0.15) is 37.9 Å². The highest BCUT2D eigenvalue weighted by Gasteiger charge is 2.25. The third-order valence-electron chi connectivity index (χ3n) is 5.22. The molecule has 2 aromatic heterocycles. The number of para-hydroxylation sites is 1. The van der Waals surface area contributed by atoms with Crippen LogP contribution in [0.4, 0.5) is 11.5 Å². The van der Waals surface area contributed by atoms with E-state index in [1.807, 2.05) is 50.4 Å². The van der Waals surface area contributed by atoms with Crippen LogP contribution in [-0.4, -0.2) is 32.2 Å². The molecule has 148 valence electrons. The van der Waals surface area contributed by atoms with Crippen molar-refractivity contribution in [3.63, 3.8) is 0 Å². The van der Waals surface area contributed by atoms with E-state index in [4.69, 9.17) is 0 Å². The Hall–Kier alpha value is -3.12. The molecule has 4 rings (SSSR count). The minimum Gasteiger partial charge on any atom is -0.339 e. The zero-order valence-corrected chi connectivity index (χ0v) is 16.9. The number of anilines is 2. The monoisotopic (exact) mass is 387 g/mol. The minimum atomic E-state index is 0.234. The molecular weight excluding hydrogens is 362 g/mol. The zero-order valence-electron chi connectivity index (χ0n) is 16.9. The van der Waals surface area contributed by atoms with Crippen LogP contribution in [0.5, 0.6) is 0 Å². The predicted octanol–water partition coefficient (Wildman–Crippen LogP) is 4.40. The summed E-state index contributed by atoms with van der Waals surface area (Å²) in [6.45, 7) is 6.05. The summed E-state index contributed by atoms with van der Waals surface area (Å²) in [4.78, 5) is 28.0. The van der Waals surface area contributed by atoms with Gasteiger partial charge >= 0.3 is 0 Å². The third kappa shape index (κ3) is 4.17. The van der Waals surface area contributed by atoms with E-state index in [0.717, 1.165) is 58.7 Å². The second-order valence-electron chi connectivity index (χ2n) is 7.32. The predicted molar refractivity (Wildman–Crippen MR) is 115 cm³/mol. The first-order valence-electron chi connectivity index (χ1n) is 10.0. The van der Waals surface area contributed by atoms with Crippen molar-refractivity contribution in [2.45, 2.75) is 39.8 Å². The van der Waals surface area contributed by atoms with Crippen LogP contribution < -0.4 is 5.32 Å². The molecule has 0 spiro atoms. The minimum absolute atomic E-state index is 0.234. The number of nitrogens with one attached hydrogen (secondary N) is 1. The van der Waals surface area contributed by atoms with Gasteiger partial charge in [-0.15, -0.1) is 0 Å². The van der Waals surface area contributed by atoms with Gasteiger partial charge in [0.05, 0.1) is 23.1 Å². The van der Waals surface area contributed by atoms with E-state index in [2.05, 4.69) is 31.2 Å². The summed E-state index contributed by atoms with van der Waals surface area (Å²) in [6, 6.07) is 10.1. The molecule has 0 fully saturated rings.